The van der Waals surface area contributed by atoms with Gasteiger partial charge in [0, 0.05) is 18.7 Å². The molecule has 0 aliphatic rings. The molecule has 1 atom stereocenters. The highest BCUT2D eigenvalue weighted by Crippen LogP contribution is 2.16. The maximum absolute atomic E-state index is 5.58. The summed E-state index contributed by atoms with van der Waals surface area (Å²) in [7, 11) is 0. The van der Waals surface area contributed by atoms with Crippen molar-refractivity contribution in [2.75, 3.05) is 6.54 Å². The van der Waals surface area contributed by atoms with E-state index in [2.05, 4.69) is 15.0 Å². The Bertz CT molecular complexity index is 421. The van der Waals surface area contributed by atoms with E-state index < -0.39 is 0 Å². The zero-order valence-corrected chi connectivity index (χ0v) is 8.64. The molecule has 1 unspecified atom stereocenters. The third-order valence-electron chi connectivity index (χ3n) is 2.36. The number of rotatable bonds is 3. The topological polar surface area (TPSA) is 67.6 Å². The van der Waals surface area contributed by atoms with Gasteiger partial charge in [0.2, 0.25) is 0 Å². The third kappa shape index (κ3) is 2.05. The molecule has 0 aliphatic carbocycles. The van der Waals surface area contributed by atoms with Crippen LogP contribution in [0.3, 0.4) is 0 Å². The lowest BCUT2D eigenvalue weighted by Gasteiger charge is -2.02. The minimum Gasteiger partial charge on any atom is -0.340 e. The van der Waals surface area contributed by atoms with Gasteiger partial charge in [-0.05, 0) is 12.1 Å². The van der Waals surface area contributed by atoms with Crippen molar-refractivity contribution in [1.82, 2.24) is 15.0 Å². The number of hydrogen-bond acceptors (Lipinski definition) is 3. The van der Waals surface area contributed by atoms with E-state index in [-0.39, 0.29) is 5.92 Å². The monoisotopic (exact) mass is 202 g/mol. The fourth-order valence-corrected chi connectivity index (χ4v) is 1.35. The molecule has 4 heteroatoms. The molecule has 0 radical (unpaired) electrons. The molecular formula is C11H14N4. The van der Waals surface area contributed by atoms with Crippen LogP contribution in [0.15, 0.2) is 30.6 Å². The second-order valence-electron chi connectivity index (χ2n) is 3.53. The van der Waals surface area contributed by atoms with Gasteiger partial charge >= 0.3 is 0 Å². The highest BCUT2D eigenvalue weighted by molar-refractivity contribution is 5.52. The number of H-pyrrole nitrogens is 1. The number of nitrogens with one attached hydrogen (secondary N) is 1. The standard InChI is InChI=1S/C11H14N4/c1-8(6-12)11-14-7-10(15-11)9-4-2-3-5-13-9/h2-5,7-8H,6,12H2,1H3,(H,14,15). The fourth-order valence-electron chi connectivity index (χ4n) is 1.35. The molecule has 0 amide bonds. The third-order valence-corrected chi connectivity index (χ3v) is 2.36. The Balaban J connectivity index is 2.28. The lowest BCUT2D eigenvalue weighted by molar-refractivity contribution is 0.725. The molecule has 4 nitrogen and oxygen atoms in total. The van der Waals surface area contributed by atoms with Gasteiger partial charge in [0.15, 0.2) is 0 Å². The van der Waals surface area contributed by atoms with Crippen molar-refractivity contribution in [2.24, 2.45) is 5.73 Å². The number of nitrogens with zero attached hydrogens (tertiary/aromatic N) is 2. The van der Waals surface area contributed by atoms with Crippen LogP contribution in [0.2, 0.25) is 0 Å². The number of aromatic amines is 1. The summed E-state index contributed by atoms with van der Waals surface area (Å²) in [5, 5.41) is 0. The Morgan fingerprint density at radius 3 is 2.93 bits per heavy atom. The van der Waals surface area contributed by atoms with Gasteiger partial charge in [-0.1, -0.05) is 13.0 Å². The fraction of sp³-hybridized carbons (Fsp3) is 0.273. The number of aromatic nitrogens is 3. The molecule has 0 bridgehead atoms. The average molecular weight is 202 g/mol. The van der Waals surface area contributed by atoms with Gasteiger partial charge in [-0.2, -0.15) is 0 Å². The molecule has 2 aromatic rings. The molecule has 78 valence electrons. The van der Waals surface area contributed by atoms with Crippen LogP contribution in [0.25, 0.3) is 11.4 Å². The predicted octanol–water partition coefficient (Wildman–Crippen LogP) is 1.53. The highest BCUT2D eigenvalue weighted by atomic mass is 14.9. The maximum Gasteiger partial charge on any atom is 0.110 e. The lowest BCUT2D eigenvalue weighted by Crippen LogP contribution is -2.10. The highest BCUT2D eigenvalue weighted by Gasteiger charge is 2.08. The van der Waals surface area contributed by atoms with Gasteiger partial charge in [0.1, 0.15) is 5.82 Å². The van der Waals surface area contributed by atoms with E-state index in [1.165, 1.54) is 0 Å². The molecule has 0 saturated heterocycles. The van der Waals surface area contributed by atoms with Crippen molar-refractivity contribution in [2.45, 2.75) is 12.8 Å². The maximum atomic E-state index is 5.58. The van der Waals surface area contributed by atoms with Crippen LogP contribution in [0.1, 0.15) is 18.7 Å². The van der Waals surface area contributed by atoms with Crippen molar-refractivity contribution in [1.29, 1.82) is 0 Å². The largest absolute Gasteiger partial charge is 0.340 e. The van der Waals surface area contributed by atoms with E-state index >= 15 is 0 Å². The number of hydrogen-bond donors (Lipinski definition) is 2. The smallest absolute Gasteiger partial charge is 0.110 e. The van der Waals surface area contributed by atoms with Gasteiger partial charge in [-0.15, -0.1) is 0 Å². The summed E-state index contributed by atoms with van der Waals surface area (Å²) in [4.78, 5) is 11.8. The normalized spacial score (nSPS) is 12.7. The Morgan fingerprint density at radius 1 is 1.40 bits per heavy atom. The van der Waals surface area contributed by atoms with E-state index in [9.17, 15) is 0 Å². The lowest BCUT2D eigenvalue weighted by atomic mass is 10.2. The quantitative estimate of drug-likeness (QED) is 0.793. The van der Waals surface area contributed by atoms with Crippen LogP contribution < -0.4 is 5.73 Å². The molecule has 2 heterocycles. The van der Waals surface area contributed by atoms with E-state index in [1.807, 2.05) is 25.1 Å². The molecule has 2 aromatic heterocycles. The second-order valence-corrected chi connectivity index (χ2v) is 3.53. The SMILES string of the molecule is CC(CN)c1ncc(-c2ccccn2)[nH]1. The minimum absolute atomic E-state index is 0.252. The molecule has 0 fully saturated rings. The molecule has 0 spiro atoms. The number of pyridine rings is 1. The molecular weight excluding hydrogens is 188 g/mol. The summed E-state index contributed by atoms with van der Waals surface area (Å²) >= 11 is 0. The Kier molecular flexibility index (Phi) is 2.78. The molecule has 0 aliphatic heterocycles. The summed E-state index contributed by atoms with van der Waals surface area (Å²) in [6, 6.07) is 5.79. The van der Waals surface area contributed by atoms with Crippen molar-refractivity contribution >= 4 is 0 Å². The van der Waals surface area contributed by atoms with Crippen LogP contribution in [0, 0.1) is 0 Å². The summed E-state index contributed by atoms with van der Waals surface area (Å²) in [5.74, 6) is 1.17. The minimum atomic E-state index is 0.252. The van der Waals surface area contributed by atoms with E-state index in [0.29, 0.717) is 6.54 Å². The average Bonchev–Trinajstić information content (AvgIpc) is 2.78. The van der Waals surface area contributed by atoms with Gasteiger partial charge in [0.05, 0.1) is 17.6 Å². The predicted molar refractivity (Wildman–Crippen MR) is 59.3 cm³/mol. The van der Waals surface area contributed by atoms with Crippen LogP contribution >= 0.6 is 0 Å². The Labute approximate surface area is 88.6 Å². The van der Waals surface area contributed by atoms with E-state index in [0.717, 1.165) is 17.2 Å². The van der Waals surface area contributed by atoms with Crippen LogP contribution in [0.4, 0.5) is 0 Å². The van der Waals surface area contributed by atoms with Crippen LogP contribution in [0.5, 0.6) is 0 Å². The first-order valence-corrected chi connectivity index (χ1v) is 4.97. The summed E-state index contributed by atoms with van der Waals surface area (Å²) in [6.07, 6.45) is 3.56. The van der Waals surface area contributed by atoms with Gasteiger partial charge in [-0.25, -0.2) is 4.98 Å². The van der Waals surface area contributed by atoms with Crippen LogP contribution in [-0.4, -0.2) is 21.5 Å². The Hall–Kier alpha value is -1.68. The summed E-state index contributed by atoms with van der Waals surface area (Å²) < 4.78 is 0. The molecule has 0 aromatic carbocycles. The van der Waals surface area contributed by atoms with Crippen molar-refractivity contribution in [3.8, 4) is 11.4 Å². The summed E-state index contributed by atoms with van der Waals surface area (Å²) in [5.41, 5.74) is 7.42. The van der Waals surface area contributed by atoms with Gasteiger partial charge < -0.3 is 10.7 Å². The first-order valence-electron chi connectivity index (χ1n) is 4.97. The Morgan fingerprint density at radius 2 is 2.27 bits per heavy atom. The van der Waals surface area contributed by atoms with Crippen molar-refractivity contribution < 1.29 is 0 Å². The van der Waals surface area contributed by atoms with Crippen molar-refractivity contribution in [3.05, 3.63) is 36.4 Å². The van der Waals surface area contributed by atoms with E-state index in [1.54, 1.807) is 12.4 Å². The van der Waals surface area contributed by atoms with Crippen molar-refractivity contribution in [3.63, 3.8) is 0 Å². The number of imidazole rings is 1. The first-order chi connectivity index (χ1) is 7.31. The molecule has 15 heavy (non-hydrogen) atoms. The molecule has 3 N–H and O–H groups in total. The number of nitrogens with two attached hydrogens (primary N) is 1. The van der Waals surface area contributed by atoms with Crippen LogP contribution in [-0.2, 0) is 0 Å². The molecule has 0 saturated carbocycles. The summed E-state index contributed by atoms with van der Waals surface area (Å²) in [6.45, 7) is 2.64. The van der Waals surface area contributed by atoms with Gasteiger partial charge in [0.25, 0.3) is 0 Å². The zero-order valence-electron chi connectivity index (χ0n) is 8.64. The van der Waals surface area contributed by atoms with E-state index in [4.69, 9.17) is 5.73 Å². The second kappa shape index (κ2) is 4.23. The first kappa shape index (κ1) is 9.86. The zero-order chi connectivity index (χ0) is 10.7. The van der Waals surface area contributed by atoms with Gasteiger partial charge in [-0.3, -0.25) is 4.98 Å². The molecule has 2 rings (SSSR count).